The smallest absolute Gasteiger partial charge is 0.411 e. The van der Waals surface area contributed by atoms with Crippen molar-refractivity contribution >= 4 is 17.9 Å². The second kappa shape index (κ2) is 8.46. The van der Waals surface area contributed by atoms with Gasteiger partial charge in [-0.25, -0.2) is 9.48 Å². The molecule has 4 aliphatic rings. The van der Waals surface area contributed by atoms with Crippen LogP contribution in [0.4, 0.5) is 4.79 Å². The third-order valence-corrected chi connectivity index (χ3v) is 7.24. The van der Waals surface area contributed by atoms with Gasteiger partial charge in [0, 0.05) is 26.6 Å². The number of aliphatic hydroxyl groups excluding tert-OH is 1. The number of rotatable bonds is 4. The lowest BCUT2D eigenvalue weighted by molar-refractivity contribution is -0.144. The Morgan fingerprint density at radius 2 is 1.83 bits per heavy atom. The molecule has 2 bridgehead atoms. The summed E-state index contributed by atoms with van der Waals surface area (Å²) >= 11 is 0. The Kier molecular flexibility index (Phi) is 6.14. The van der Waals surface area contributed by atoms with Crippen molar-refractivity contribution in [3.8, 4) is 0 Å². The zero-order valence-electron chi connectivity index (χ0n) is 21.7. The first-order chi connectivity index (χ1) is 16.2. The quantitative estimate of drug-likeness (QED) is 0.653. The molecule has 0 unspecified atom stereocenters. The van der Waals surface area contributed by atoms with Gasteiger partial charge in [0.2, 0.25) is 11.8 Å². The molecular formula is C24H38N6O5. The highest BCUT2D eigenvalue weighted by Gasteiger charge is 2.61. The number of fused-ring (bicyclic) bond motifs is 1. The SMILES string of the molecule is CNC(=O)[C@@H]1C[C@@H](O)CN1C(=O)[C@@H](n1cc(C23CC(CN2C(=O)OC(C)(C)C)C3)nn1)C(C)(C)C. The zero-order valence-corrected chi connectivity index (χ0v) is 21.7. The summed E-state index contributed by atoms with van der Waals surface area (Å²) in [6.45, 7) is 12.0. The van der Waals surface area contributed by atoms with E-state index < -0.39 is 34.7 Å². The summed E-state index contributed by atoms with van der Waals surface area (Å²) in [6, 6.07) is -1.48. The van der Waals surface area contributed by atoms with Crippen molar-refractivity contribution in [2.75, 3.05) is 20.1 Å². The second-order valence-electron chi connectivity index (χ2n) is 12.3. The molecule has 1 aliphatic carbocycles. The van der Waals surface area contributed by atoms with E-state index in [1.165, 1.54) is 11.9 Å². The molecule has 11 nitrogen and oxygen atoms in total. The molecule has 0 aromatic carbocycles. The lowest BCUT2D eigenvalue weighted by atomic mass is 9.71. The molecule has 3 atom stereocenters. The highest BCUT2D eigenvalue weighted by molar-refractivity contribution is 5.90. The Labute approximate surface area is 206 Å². The number of carbonyl (C=O) groups is 3. The van der Waals surface area contributed by atoms with Crippen LogP contribution in [-0.4, -0.2) is 85.7 Å². The third-order valence-electron chi connectivity index (χ3n) is 7.24. The van der Waals surface area contributed by atoms with Crippen LogP contribution in [0.25, 0.3) is 0 Å². The minimum Gasteiger partial charge on any atom is -0.444 e. The normalized spacial score (nSPS) is 29.1. The molecular weight excluding hydrogens is 452 g/mol. The van der Waals surface area contributed by atoms with E-state index in [1.807, 2.05) is 41.5 Å². The Morgan fingerprint density at radius 3 is 2.40 bits per heavy atom. The number of ether oxygens (including phenoxy) is 1. The lowest BCUT2D eigenvalue weighted by Crippen LogP contribution is -2.50. The van der Waals surface area contributed by atoms with Gasteiger partial charge in [0.25, 0.3) is 0 Å². The van der Waals surface area contributed by atoms with Crippen LogP contribution in [0.1, 0.15) is 72.5 Å². The van der Waals surface area contributed by atoms with Gasteiger partial charge in [0.15, 0.2) is 0 Å². The molecule has 3 saturated heterocycles. The van der Waals surface area contributed by atoms with Crippen LogP contribution in [0.3, 0.4) is 0 Å². The van der Waals surface area contributed by atoms with Crippen LogP contribution in [0.2, 0.25) is 0 Å². The highest BCUT2D eigenvalue weighted by Crippen LogP contribution is 2.57. The monoisotopic (exact) mass is 490 g/mol. The minimum absolute atomic E-state index is 0.0864. The van der Waals surface area contributed by atoms with Gasteiger partial charge in [-0.2, -0.15) is 0 Å². The maximum atomic E-state index is 13.8. The number of hydrogen-bond donors (Lipinski definition) is 2. The molecule has 0 spiro atoms. The van der Waals surface area contributed by atoms with Gasteiger partial charge in [0.05, 0.1) is 17.8 Å². The Bertz CT molecular complexity index is 1000. The Hall–Kier alpha value is -2.69. The standard InChI is InChI=1S/C24H38N6O5/c1-22(2,3)18(20(33)28-12-15(31)8-16(28)19(32)25-7)30-13-17(26-27-30)24-9-14(10-24)11-29(24)21(34)35-23(4,5)6/h13-16,18,31H,8-12H2,1-7H3,(H,25,32)/t14?,15-,16+,18-,24?/m1/s1. The second-order valence-corrected chi connectivity index (χ2v) is 12.3. The van der Waals surface area contributed by atoms with E-state index in [0.29, 0.717) is 18.2 Å². The number of β-amino-alcohol motifs (C(OH)–C–C–N with tert-alkyl or cyclic N) is 1. The van der Waals surface area contributed by atoms with Gasteiger partial charge in [-0.1, -0.05) is 26.0 Å². The molecule has 194 valence electrons. The number of likely N-dealkylation sites (tertiary alicyclic amines) is 1. The molecule has 1 aromatic heterocycles. The van der Waals surface area contributed by atoms with E-state index in [-0.39, 0.29) is 30.9 Å². The van der Waals surface area contributed by atoms with E-state index in [2.05, 4.69) is 15.6 Å². The van der Waals surface area contributed by atoms with Crippen molar-refractivity contribution in [1.82, 2.24) is 30.1 Å². The largest absolute Gasteiger partial charge is 0.444 e. The molecule has 1 aromatic rings. The zero-order chi connectivity index (χ0) is 25.9. The van der Waals surface area contributed by atoms with Crippen LogP contribution in [-0.2, 0) is 19.9 Å². The number of nitrogens with one attached hydrogen (secondary N) is 1. The van der Waals surface area contributed by atoms with Gasteiger partial charge in [-0.05, 0) is 44.9 Å². The number of aromatic nitrogens is 3. The van der Waals surface area contributed by atoms with Crippen LogP contribution in [0.15, 0.2) is 6.20 Å². The molecule has 4 heterocycles. The molecule has 35 heavy (non-hydrogen) atoms. The lowest BCUT2D eigenvalue weighted by Gasteiger charge is -2.40. The fourth-order valence-electron chi connectivity index (χ4n) is 5.72. The first kappa shape index (κ1) is 25.4. The topological polar surface area (TPSA) is 130 Å². The highest BCUT2D eigenvalue weighted by atomic mass is 16.6. The van der Waals surface area contributed by atoms with Crippen LogP contribution in [0.5, 0.6) is 0 Å². The number of aliphatic hydroxyl groups is 1. The average molecular weight is 491 g/mol. The van der Waals surface area contributed by atoms with E-state index in [4.69, 9.17) is 4.74 Å². The van der Waals surface area contributed by atoms with E-state index in [0.717, 1.165) is 12.8 Å². The van der Waals surface area contributed by atoms with E-state index >= 15 is 0 Å². The van der Waals surface area contributed by atoms with Crippen molar-refractivity contribution < 1.29 is 24.2 Å². The summed E-state index contributed by atoms with van der Waals surface area (Å²) in [6.07, 6.45) is 2.40. The van der Waals surface area contributed by atoms with Gasteiger partial charge in [-0.15, -0.1) is 5.10 Å². The number of hydrogen-bond acceptors (Lipinski definition) is 7. The molecule has 5 rings (SSSR count). The molecule has 11 heteroatoms. The first-order valence-electron chi connectivity index (χ1n) is 12.3. The van der Waals surface area contributed by atoms with Crippen LogP contribution < -0.4 is 5.32 Å². The summed E-state index contributed by atoms with van der Waals surface area (Å²) in [5.41, 5.74) is -1.09. The predicted molar refractivity (Wildman–Crippen MR) is 126 cm³/mol. The van der Waals surface area contributed by atoms with Gasteiger partial charge >= 0.3 is 6.09 Å². The molecule has 3 aliphatic heterocycles. The van der Waals surface area contributed by atoms with E-state index in [9.17, 15) is 19.5 Å². The van der Waals surface area contributed by atoms with Crippen molar-refractivity contribution in [1.29, 1.82) is 0 Å². The summed E-state index contributed by atoms with van der Waals surface area (Å²) in [7, 11) is 1.52. The minimum atomic E-state index is -0.764. The maximum absolute atomic E-state index is 13.8. The van der Waals surface area contributed by atoms with Crippen molar-refractivity contribution in [3.63, 3.8) is 0 Å². The summed E-state index contributed by atoms with van der Waals surface area (Å²) in [5, 5.41) is 21.6. The third kappa shape index (κ3) is 4.50. The van der Waals surface area contributed by atoms with Crippen LogP contribution in [0, 0.1) is 11.3 Å². The average Bonchev–Trinajstić information content (AvgIpc) is 3.45. The van der Waals surface area contributed by atoms with Crippen molar-refractivity contribution in [2.24, 2.45) is 11.3 Å². The summed E-state index contributed by atoms with van der Waals surface area (Å²) in [4.78, 5) is 42.3. The van der Waals surface area contributed by atoms with E-state index in [1.54, 1.807) is 15.8 Å². The molecule has 3 amide bonds. The molecule has 4 fully saturated rings. The number of carbonyl (C=O) groups excluding carboxylic acids is 3. The van der Waals surface area contributed by atoms with Crippen molar-refractivity contribution in [2.45, 2.75) is 90.1 Å². The maximum Gasteiger partial charge on any atom is 0.411 e. The summed E-state index contributed by atoms with van der Waals surface area (Å²) in [5.74, 6) is -0.203. The number of likely N-dealkylation sites (N-methyl/N-ethyl adjacent to an activating group) is 1. The first-order valence-corrected chi connectivity index (χ1v) is 12.3. The van der Waals surface area contributed by atoms with Gasteiger partial charge in [0.1, 0.15) is 23.4 Å². The predicted octanol–water partition coefficient (Wildman–Crippen LogP) is 1.43. The molecule has 2 N–H and O–H groups in total. The Morgan fingerprint density at radius 1 is 1.17 bits per heavy atom. The van der Waals surface area contributed by atoms with Gasteiger partial charge < -0.3 is 20.1 Å². The molecule has 1 saturated carbocycles. The fraction of sp³-hybridized carbons (Fsp3) is 0.792. The number of nitrogens with zero attached hydrogens (tertiary/aromatic N) is 5. The fourth-order valence-corrected chi connectivity index (χ4v) is 5.72. The van der Waals surface area contributed by atoms with Crippen molar-refractivity contribution in [3.05, 3.63) is 11.9 Å². The van der Waals surface area contributed by atoms with Gasteiger partial charge in [-0.3, -0.25) is 14.5 Å². The molecule has 0 radical (unpaired) electrons. The van der Waals surface area contributed by atoms with Crippen LogP contribution >= 0.6 is 0 Å². The summed E-state index contributed by atoms with van der Waals surface area (Å²) < 4.78 is 7.20. The number of amides is 3. The Balaban J connectivity index is 1.63.